The van der Waals surface area contributed by atoms with Gasteiger partial charge in [-0.3, -0.25) is 0 Å². The molecule has 0 spiro atoms. The highest BCUT2D eigenvalue weighted by Crippen LogP contribution is 2.33. The zero-order valence-electron chi connectivity index (χ0n) is 15.0. The molecule has 0 bridgehead atoms. The van der Waals surface area contributed by atoms with E-state index >= 15 is 0 Å². The van der Waals surface area contributed by atoms with Crippen LogP contribution in [0.5, 0.6) is 5.75 Å². The number of para-hydroxylation sites is 2. The molecule has 0 unspecified atom stereocenters. The van der Waals surface area contributed by atoms with Crippen molar-refractivity contribution in [1.82, 2.24) is 19.6 Å². The highest BCUT2D eigenvalue weighted by molar-refractivity contribution is 7.99. The molecule has 2 aromatic heterocycles. The quantitative estimate of drug-likeness (QED) is 0.545. The number of rotatable bonds is 3. The minimum atomic E-state index is 0.758. The lowest BCUT2D eigenvalue weighted by Crippen LogP contribution is -2.34. The maximum atomic E-state index is 5.57. The van der Waals surface area contributed by atoms with Crippen molar-refractivity contribution < 1.29 is 4.74 Å². The van der Waals surface area contributed by atoms with Gasteiger partial charge in [0.25, 0.3) is 0 Å². The van der Waals surface area contributed by atoms with Crippen LogP contribution in [0.25, 0.3) is 27.9 Å². The standard InChI is InChI=1S/C20H19N5OS/c1-26-17-9-5-3-7-15(17)19-23-22-18-14-6-2-4-8-16(14)21-20(25(18)19)24-10-12-27-13-11-24/h2-9H,10-13H2,1H3. The van der Waals surface area contributed by atoms with Crippen LogP contribution >= 0.6 is 11.8 Å². The molecule has 0 radical (unpaired) electrons. The van der Waals surface area contributed by atoms with E-state index < -0.39 is 0 Å². The van der Waals surface area contributed by atoms with Gasteiger partial charge in [-0.15, -0.1) is 10.2 Å². The summed E-state index contributed by atoms with van der Waals surface area (Å²) < 4.78 is 7.65. The van der Waals surface area contributed by atoms with Crippen LogP contribution in [0.2, 0.25) is 0 Å². The van der Waals surface area contributed by atoms with E-state index in [1.165, 1.54) is 0 Å². The van der Waals surface area contributed by atoms with Crippen LogP contribution in [-0.2, 0) is 0 Å². The molecule has 5 rings (SSSR count). The Labute approximate surface area is 161 Å². The molecule has 1 aliphatic heterocycles. The van der Waals surface area contributed by atoms with Crippen LogP contribution in [-0.4, -0.2) is 51.3 Å². The fourth-order valence-corrected chi connectivity index (χ4v) is 4.45. The van der Waals surface area contributed by atoms with E-state index in [0.717, 1.165) is 64.2 Å². The lowest BCUT2D eigenvalue weighted by Gasteiger charge is -2.28. The number of methoxy groups -OCH3 is 1. The monoisotopic (exact) mass is 377 g/mol. The van der Waals surface area contributed by atoms with Gasteiger partial charge in [-0.2, -0.15) is 11.8 Å². The van der Waals surface area contributed by atoms with E-state index in [-0.39, 0.29) is 0 Å². The average molecular weight is 377 g/mol. The number of hydrogen-bond acceptors (Lipinski definition) is 6. The summed E-state index contributed by atoms with van der Waals surface area (Å²) in [5, 5.41) is 10.1. The van der Waals surface area contributed by atoms with E-state index in [1.807, 2.05) is 60.3 Å². The van der Waals surface area contributed by atoms with Crippen molar-refractivity contribution >= 4 is 34.3 Å². The molecule has 0 atom stereocenters. The van der Waals surface area contributed by atoms with E-state index in [2.05, 4.69) is 19.5 Å². The molecule has 136 valence electrons. The Hall–Kier alpha value is -2.80. The fraction of sp³-hybridized carbons (Fsp3) is 0.250. The van der Waals surface area contributed by atoms with Crippen molar-refractivity contribution in [2.75, 3.05) is 36.6 Å². The number of nitrogens with zero attached hydrogens (tertiary/aromatic N) is 5. The van der Waals surface area contributed by atoms with Crippen LogP contribution in [0.3, 0.4) is 0 Å². The van der Waals surface area contributed by atoms with E-state index in [0.29, 0.717) is 0 Å². The van der Waals surface area contributed by atoms with Crippen molar-refractivity contribution in [2.24, 2.45) is 0 Å². The van der Waals surface area contributed by atoms with Crippen LogP contribution in [0.4, 0.5) is 5.95 Å². The van der Waals surface area contributed by atoms with Crippen molar-refractivity contribution in [3.8, 4) is 17.1 Å². The van der Waals surface area contributed by atoms with Gasteiger partial charge in [0.15, 0.2) is 11.5 Å². The number of aromatic nitrogens is 4. The molecule has 3 heterocycles. The number of fused-ring (bicyclic) bond motifs is 3. The van der Waals surface area contributed by atoms with Gasteiger partial charge in [-0.05, 0) is 24.3 Å². The van der Waals surface area contributed by atoms with E-state index in [1.54, 1.807) is 7.11 Å². The Morgan fingerprint density at radius 1 is 0.963 bits per heavy atom. The second-order valence-electron chi connectivity index (χ2n) is 6.41. The van der Waals surface area contributed by atoms with Gasteiger partial charge in [0.2, 0.25) is 5.95 Å². The van der Waals surface area contributed by atoms with Gasteiger partial charge < -0.3 is 9.64 Å². The van der Waals surface area contributed by atoms with Crippen LogP contribution in [0, 0.1) is 0 Å². The smallest absolute Gasteiger partial charge is 0.213 e. The minimum absolute atomic E-state index is 0.758. The van der Waals surface area contributed by atoms with Crippen molar-refractivity contribution in [2.45, 2.75) is 0 Å². The van der Waals surface area contributed by atoms with Crippen LogP contribution in [0.15, 0.2) is 48.5 Å². The minimum Gasteiger partial charge on any atom is -0.496 e. The van der Waals surface area contributed by atoms with E-state index in [9.17, 15) is 0 Å². The van der Waals surface area contributed by atoms with Crippen molar-refractivity contribution in [1.29, 1.82) is 0 Å². The van der Waals surface area contributed by atoms with Gasteiger partial charge in [0.1, 0.15) is 5.75 Å². The molecule has 0 N–H and O–H groups in total. The molecule has 1 aliphatic rings. The first-order chi connectivity index (χ1) is 13.4. The van der Waals surface area contributed by atoms with Crippen molar-refractivity contribution in [3.05, 3.63) is 48.5 Å². The second kappa shape index (κ2) is 6.74. The fourth-order valence-electron chi connectivity index (χ4n) is 3.55. The average Bonchev–Trinajstić information content (AvgIpc) is 3.19. The summed E-state index contributed by atoms with van der Waals surface area (Å²) in [5.41, 5.74) is 2.68. The maximum Gasteiger partial charge on any atom is 0.213 e. The molecule has 27 heavy (non-hydrogen) atoms. The third kappa shape index (κ3) is 2.70. The molecule has 0 amide bonds. The summed E-state index contributed by atoms with van der Waals surface area (Å²) in [7, 11) is 1.68. The SMILES string of the molecule is COc1ccccc1-c1nnc2c3ccccc3nc(N3CCSCC3)n12. The van der Waals surface area contributed by atoms with Gasteiger partial charge in [0, 0.05) is 30.0 Å². The van der Waals surface area contributed by atoms with E-state index in [4.69, 9.17) is 9.72 Å². The van der Waals surface area contributed by atoms with Gasteiger partial charge in [0.05, 0.1) is 18.2 Å². The van der Waals surface area contributed by atoms with Gasteiger partial charge >= 0.3 is 0 Å². The molecule has 6 nitrogen and oxygen atoms in total. The maximum absolute atomic E-state index is 5.57. The molecule has 7 heteroatoms. The predicted molar refractivity (Wildman–Crippen MR) is 110 cm³/mol. The first-order valence-electron chi connectivity index (χ1n) is 8.97. The lowest BCUT2D eigenvalue weighted by molar-refractivity contribution is 0.416. The zero-order valence-corrected chi connectivity index (χ0v) is 15.8. The largest absolute Gasteiger partial charge is 0.496 e. The molecule has 1 fully saturated rings. The topological polar surface area (TPSA) is 55.6 Å². The number of ether oxygens (including phenoxy) is 1. The lowest BCUT2D eigenvalue weighted by atomic mass is 10.2. The molecule has 4 aromatic rings. The van der Waals surface area contributed by atoms with Gasteiger partial charge in [-0.25, -0.2) is 9.38 Å². The summed E-state index contributed by atoms with van der Waals surface area (Å²) >= 11 is 1.98. The Morgan fingerprint density at radius 3 is 2.59 bits per heavy atom. The summed E-state index contributed by atoms with van der Waals surface area (Å²) in [4.78, 5) is 7.33. The van der Waals surface area contributed by atoms with Crippen LogP contribution in [0.1, 0.15) is 0 Å². The Kier molecular flexibility index (Phi) is 4.09. The Bertz CT molecular complexity index is 1120. The summed E-state index contributed by atoms with van der Waals surface area (Å²) in [6.07, 6.45) is 0. The highest BCUT2D eigenvalue weighted by atomic mass is 32.2. The normalized spacial score (nSPS) is 14.8. The first kappa shape index (κ1) is 16.4. The predicted octanol–water partition coefficient (Wildman–Crippen LogP) is 3.51. The second-order valence-corrected chi connectivity index (χ2v) is 7.64. The number of anilines is 1. The summed E-state index contributed by atoms with van der Waals surface area (Å²) in [6.45, 7) is 1.93. The third-order valence-electron chi connectivity index (χ3n) is 4.87. The molecular formula is C20H19N5OS. The summed E-state index contributed by atoms with van der Waals surface area (Å²) in [6, 6.07) is 16.0. The molecule has 0 saturated carbocycles. The zero-order chi connectivity index (χ0) is 18.2. The number of benzene rings is 2. The molecular weight excluding hydrogens is 358 g/mol. The van der Waals surface area contributed by atoms with Crippen LogP contribution < -0.4 is 9.64 Å². The van der Waals surface area contributed by atoms with Crippen molar-refractivity contribution in [3.63, 3.8) is 0 Å². The first-order valence-corrected chi connectivity index (χ1v) is 10.1. The van der Waals surface area contributed by atoms with Gasteiger partial charge in [-0.1, -0.05) is 24.3 Å². The molecule has 2 aromatic carbocycles. The summed E-state index contributed by atoms with van der Waals surface area (Å²) in [5.74, 6) is 4.63. The molecule has 0 aliphatic carbocycles. The Morgan fingerprint density at radius 2 is 1.74 bits per heavy atom. The number of thioether (sulfide) groups is 1. The highest BCUT2D eigenvalue weighted by Gasteiger charge is 2.22. The number of hydrogen-bond donors (Lipinski definition) is 0. The molecule has 1 saturated heterocycles. The Balaban J connectivity index is 1.84. The third-order valence-corrected chi connectivity index (χ3v) is 5.81.